The summed E-state index contributed by atoms with van der Waals surface area (Å²) in [6.45, 7) is 8.33. The number of unbranched alkanes of at least 4 members (excludes halogenated alkanes) is 4. The first-order chi connectivity index (χ1) is 9.31. The Morgan fingerprint density at radius 3 is 2.42 bits per heavy atom. The minimum Gasteiger partial charge on any atom is -0.353 e. The summed E-state index contributed by atoms with van der Waals surface area (Å²) < 4.78 is 0. The molecule has 1 heterocycles. The van der Waals surface area contributed by atoms with Crippen molar-refractivity contribution in [2.75, 3.05) is 5.75 Å². The highest BCUT2D eigenvalue weighted by atomic mass is 32.2. The highest BCUT2D eigenvalue weighted by molar-refractivity contribution is 7.99. The zero-order valence-corrected chi connectivity index (χ0v) is 13.5. The molecule has 0 aliphatic carbocycles. The van der Waals surface area contributed by atoms with E-state index in [1.807, 2.05) is 17.8 Å². The van der Waals surface area contributed by atoms with Crippen LogP contribution in [0.2, 0.25) is 0 Å². The molecule has 0 bridgehead atoms. The fourth-order valence-electron chi connectivity index (χ4n) is 2.30. The van der Waals surface area contributed by atoms with Crippen molar-refractivity contribution in [3.05, 3.63) is 30.0 Å². The van der Waals surface area contributed by atoms with E-state index in [0.717, 1.165) is 5.75 Å². The van der Waals surface area contributed by atoms with Gasteiger partial charge in [-0.2, -0.15) is 0 Å². The second-order valence-corrected chi connectivity index (χ2v) is 6.21. The van der Waals surface area contributed by atoms with Crippen LogP contribution in [0.15, 0.2) is 23.7 Å². The second-order valence-electron chi connectivity index (χ2n) is 5.15. The second kappa shape index (κ2) is 10.2. The predicted octanol–water partition coefficient (Wildman–Crippen LogP) is 5.76. The molecule has 1 nitrogen and oxygen atoms in total. The normalized spacial score (nSPS) is 10.8. The molecule has 0 aliphatic heterocycles. The summed E-state index contributed by atoms with van der Waals surface area (Å²) in [6.07, 6.45) is 12.3. The van der Waals surface area contributed by atoms with Gasteiger partial charge in [0, 0.05) is 11.4 Å². The minimum absolute atomic E-state index is 0.989. The van der Waals surface area contributed by atoms with Crippen LogP contribution in [0, 0.1) is 0 Å². The van der Waals surface area contributed by atoms with Crippen molar-refractivity contribution >= 4 is 11.8 Å². The maximum Gasteiger partial charge on any atom is 0.0729 e. The average molecular weight is 279 g/mol. The first-order valence-electron chi connectivity index (χ1n) is 7.76. The number of aromatic nitrogens is 1. The molecule has 1 N–H and O–H groups in total. The molecule has 0 unspecified atom stereocenters. The van der Waals surface area contributed by atoms with Crippen LogP contribution in [0.1, 0.15) is 63.6 Å². The maximum absolute atomic E-state index is 3.79. The van der Waals surface area contributed by atoms with Crippen LogP contribution in [0.25, 0.3) is 0 Å². The van der Waals surface area contributed by atoms with Crippen molar-refractivity contribution in [3.63, 3.8) is 0 Å². The molecule has 0 amide bonds. The maximum atomic E-state index is 3.79. The lowest BCUT2D eigenvalue weighted by Gasteiger charge is -2.03. The molecule has 0 fully saturated rings. The summed E-state index contributed by atoms with van der Waals surface area (Å²) in [7, 11) is 0. The summed E-state index contributed by atoms with van der Waals surface area (Å²) in [4.78, 5) is 3.62. The van der Waals surface area contributed by atoms with Crippen LogP contribution in [-0.4, -0.2) is 10.7 Å². The van der Waals surface area contributed by atoms with Gasteiger partial charge >= 0.3 is 0 Å². The Balaban J connectivity index is 2.60. The summed E-state index contributed by atoms with van der Waals surface area (Å²) >= 11 is 1.86. The van der Waals surface area contributed by atoms with E-state index < -0.39 is 0 Å². The molecule has 0 radical (unpaired) electrons. The zero-order chi connectivity index (χ0) is 13.9. The number of hydrogen-bond acceptors (Lipinski definition) is 1. The lowest BCUT2D eigenvalue weighted by molar-refractivity contribution is 0.688. The summed E-state index contributed by atoms with van der Waals surface area (Å²) in [5.41, 5.74) is 3.03. The van der Waals surface area contributed by atoms with E-state index in [1.54, 1.807) is 5.56 Å². The van der Waals surface area contributed by atoms with Crippen LogP contribution in [0.3, 0.4) is 0 Å². The van der Waals surface area contributed by atoms with Crippen LogP contribution in [-0.2, 0) is 12.8 Å². The highest BCUT2D eigenvalue weighted by Crippen LogP contribution is 2.24. The van der Waals surface area contributed by atoms with Crippen molar-refractivity contribution in [1.82, 2.24) is 4.98 Å². The van der Waals surface area contributed by atoms with Crippen molar-refractivity contribution in [2.24, 2.45) is 0 Å². The number of nitrogens with one attached hydrogen (secondary N) is 1. The van der Waals surface area contributed by atoms with E-state index >= 15 is 0 Å². The molecular formula is C17H29NS. The Labute approximate surface area is 123 Å². The molecule has 0 aromatic carbocycles. The van der Waals surface area contributed by atoms with Crippen LogP contribution >= 0.6 is 11.8 Å². The van der Waals surface area contributed by atoms with Gasteiger partial charge in [0.25, 0.3) is 0 Å². The molecule has 0 atom stereocenters. The smallest absolute Gasteiger partial charge is 0.0729 e. The van der Waals surface area contributed by atoms with E-state index in [1.165, 1.54) is 62.1 Å². The summed E-state index contributed by atoms with van der Waals surface area (Å²) in [5.74, 6) is 0.989. The van der Waals surface area contributed by atoms with Gasteiger partial charge in [-0.3, -0.25) is 0 Å². The molecule has 1 aromatic rings. The molecule has 1 aromatic heterocycles. The Morgan fingerprint density at radius 1 is 1.11 bits per heavy atom. The quantitative estimate of drug-likeness (QED) is 0.309. The number of aromatic amines is 1. The standard InChI is InChI=1S/C17H29NS/c1-4-7-9-11-15-14-17(19-13-6-3)18-16(15)12-10-8-5-2/h6,14,18H,3-5,7-13H2,1-2H3. The van der Waals surface area contributed by atoms with Gasteiger partial charge in [0.2, 0.25) is 0 Å². The van der Waals surface area contributed by atoms with Gasteiger partial charge in [-0.1, -0.05) is 45.6 Å². The zero-order valence-electron chi connectivity index (χ0n) is 12.6. The van der Waals surface area contributed by atoms with E-state index in [4.69, 9.17) is 0 Å². The largest absolute Gasteiger partial charge is 0.353 e. The molecule has 2 heteroatoms. The third-order valence-corrected chi connectivity index (χ3v) is 4.34. The van der Waals surface area contributed by atoms with Crippen LogP contribution in [0.5, 0.6) is 0 Å². The highest BCUT2D eigenvalue weighted by Gasteiger charge is 2.08. The molecule has 19 heavy (non-hydrogen) atoms. The Hall–Kier alpha value is -0.630. The lowest BCUT2D eigenvalue weighted by Crippen LogP contribution is -1.93. The number of aryl methyl sites for hydroxylation is 2. The molecule has 1 rings (SSSR count). The number of thioether (sulfide) groups is 1. The summed E-state index contributed by atoms with van der Waals surface area (Å²) in [5, 5.41) is 1.32. The van der Waals surface area contributed by atoms with Crippen LogP contribution in [0.4, 0.5) is 0 Å². The fraction of sp³-hybridized carbons (Fsp3) is 0.647. The third kappa shape index (κ3) is 6.38. The fourth-order valence-corrected chi connectivity index (χ4v) is 3.02. The number of H-pyrrole nitrogens is 1. The molecule has 0 spiro atoms. The lowest BCUT2D eigenvalue weighted by atomic mass is 10.0. The first kappa shape index (κ1) is 16.4. The topological polar surface area (TPSA) is 15.8 Å². The monoisotopic (exact) mass is 279 g/mol. The van der Waals surface area contributed by atoms with Gasteiger partial charge in [0.15, 0.2) is 0 Å². The first-order valence-corrected chi connectivity index (χ1v) is 8.74. The van der Waals surface area contributed by atoms with Gasteiger partial charge in [-0.05, 0) is 37.3 Å². The van der Waals surface area contributed by atoms with Gasteiger partial charge < -0.3 is 4.98 Å². The molecule has 0 aliphatic rings. The Kier molecular flexibility index (Phi) is 8.81. The SMILES string of the molecule is C=CCSc1cc(CCCCC)c(CCCCC)[nH]1. The molecular weight excluding hydrogens is 250 g/mol. The van der Waals surface area contributed by atoms with Gasteiger partial charge in [0.05, 0.1) is 5.03 Å². The molecule has 0 saturated heterocycles. The predicted molar refractivity (Wildman–Crippen MR) is 88.2 cm³/mol. The van der Waals surface area contributed by atoms with Gasteiger partial charge in [-0.25, -0.2) is 0 Å². The Bertz CT molecular complexity index is 327. The number of hydrogen-bond donors (Lipinski definition) is 1. The van der Waals surface area contributed by atoms with Crippen molar-refractivity contribution in [2.45, 2.75) is 70.2 Å². The van der Waals surface area contributed by atoms with Crippen molar-refractivity contribution in [1.29, 1.82) is 0 Å². The minimum atomic E-state index is 0.989. The van der Waals surface area contributed by atoms with Crippen molar-refractivity contribution in [3.8, 4) is 0 Å². The van der Waals surface area contributed by atoms with E-state index in [2.05, 4.69) is 31.5 Å². The number of rotatable bonds is 11. The van der Waals surface area contributed by atoms with Crippen LogP contribution < -0.4 is 0 Å². The van der Waals surface area contributed by atoms with E-state index in [-0.39, 0.29) is 0 Å². The third-order valence-electron chi connectivity index (χ3n) is 3.40. The van der Waals surface area contributed by atoms with Gasteiger partial charge in [0.1, 0.15) is 0 Å². The van der Waals surface area contributed by atoms with Crippen molar-refractivity contribution < 1.29 is 0 Å². The van der Waals surface area contributed by atoms with E-state index in [0.29, 0.717) is 0 Å². The van der Waals surface area contributed by atoms with Gasteiger partial charge in [-0.15, -0.1) is 18.3 Å². The van der Waals surface area contributed by atoms with E-state index in [9.17, 15) is 0 Å². The molecule has 0 saturated carbocycles. The summed E-state index contributed by atoms with van der Waals surface area (Å²) in [6, 6.07) is 2.37. The molecule has 108 valence electrons. The average Bonchev–Trinajstić information content (AvgIpc) is 2.80. The Morgan fingerprint density at radius 2 is 1.79 bits per heavy atom.